The van der Waals surface area contributed by atoms with Crippen molar-refractivity contribution in [2.45, 2.75) is 6.67 Å². The first-order valence-electron chi connectivity index (χ1n) is 19.6. The molecule has 59 heavy (non-hydrogen) atoms. The van der Waals surface area contributed by atoms with E-state index in [-0.39, 0.29) is 0 Å². The zero-order valence-electron chi connectivity index (χ0n) is 31.7. The summed E-state index contributed by atoms with van der Waals surface area (Å²) in [4.78, 5) is 15.1. The summed E-state index contributed by atoms with van der Waals surface area (Å²) in [6.45, 7) is 4.37. The van der Waals surface area contributed by atoms with E-state index in [1.807, 2.05) is 48.5 Å². The molecule has 0 N–H and O–H groups in total. The van der Waals surface area contributed by atoms with Gasteiger partial charge in [0.05, 0.1) is 33.1 Å². The highest BCUT2D eigenvalue weighted by molar-refractivity contribution is 6.19. The molecular formula is C52H33N5O2. The van der Waals surface area contributed by atoms with E-state index in [0.29, 0.717) is 18.3 Å². The van der Waals surface area contributed by atoms with Crippen LogP contribution in [0.25, 0.3) is 93.2 Å². The van der Waals surface area contributed by atoms with Crippen molar-refractivity contribution < 1.29 is 8.83 Å². The average Bonchev–Trinajstić information content (AvgIpc) is 4.04. The maximum atomic E-state index is 6.52. The first kappa shape index (κ1) is 33.1. The van der Waals surface area contributed by atoms with Crippen molar-refractivity contribution in [2.75, 3.05) is 0 Å². The van der Waals surface area contributed by atoms with E-state index in [9.17, 15) is 0 Å². The Hall–Kier alpha value is -8.03. The normalized spacial score (nSPS) is 12.7. The Morgan fingerprint density at radius 2 is 0.932 bits per heavy atom. The molecule has 4 heterocycles. The van der Waals surface area contributed by atoms with Gasteiger partial charge in [-0.3, -0.25) is 0 Å². The summed E-state index contributed by atoms with van der Waals surface area (Å²) >= 11 is 0. The molecule has 0 aliphatic carbocycles. The molecule has 0 saturated carbocycles. The number of fused-ring (bicyclic) bond motifs is 12. The average molecular weight is 760 g/mol. The molecule has 0 amide bonds. The topological polar surface area (TPSA) is 73.2 Å². The quantitative estimate of drug-likeness (QED) is 0.129. The fourth-order valence-electron chi connectivity index (χ4n) is 8.96. The molecule has 12 aromatic rings. The second-order valence-electron chi connectivity index (χ2n) is 14.8. The number of aliphatic imine (C=N–C) groups is 3. The molecule has 0 saturated heterocycles. The van der Waals surface area contributed by atoms with Gasteiger partial charge in [0.2, 0.25) is 0 Å². The fourth-order valence-corrected chi connectivity index (χ4v) is 8.96. The fraction of sp³-hybridized carbons (Fsp3) is 0.0192. The molecule has 7 heteroatoms. The van der Waals surface area contributed by atoms with Crippen LogP contribution in [0.5, 0.6) is 0 Å². The van der Waals surface area contributed by atoms with Crippen molar-refractivity contribution in [1.29, 1.82) is 0 Å². The third kappa shape index (κ3) is 5.11. The molecule has 0 aliphatic rings. The minimum atomic E-state index is 0.342. The van der Waals surface area contributed by atoms with Gasteiger partial charge in [-0.1, -0.05) is 97.1 Å². The smallest absolute Gasteiger partial charge is 0.161 e. The van der Waals surface area contributed by atoms with Crippen LogP contribution >= 0.6 is 0 Å². The van der Waals surface area contributed by atoms with Gasteiger partial charge < -0.3 is 18.0 Å². The SMILES string of the molecule is C=NC(=NC(=NCn1c2ccccc2c2ccccc21)c1ccc2oc3ccccc3c2c1)c1ccc2oc3cccc(-n4c5ccccc5c5ccccc54)c3c2c1. The molecule has 7 nitrogen and oxygen atoms in total. The molecule has 4 aromatic heterocycles. The second-order valence-corrected chi connectivity index (χ2v) is 14.8. The van der Waals surface area contributed by atoms with Gasteiger partial charge >= 0.3 is 0 Å². The van der Waals surface area contributed by atoms with Crippen LogP contribution in [0.4, 0.5) is 0 Å². The summed E-state index contributed by atoms with van der Waals surface area (Å²) in [6, 6.07) is 60.6. The van der Waals surface area contributed by atoms with Gasteiger partial charge in [-0.2, -0.15) is 0 Å². The number of rotatable bonds is 5. The summed E-state index contributed by atoms with van der Waals surface area (Å²) in [5, 5.41) is 8.77. The third-order valence-corrected chi connectivity index (χ3v) is 11.6. The number of hydrogen-bond donors (Lipinski definition) is 0. The summed E-state index contributed by atoms with van der Waals surface area (Å²) in [5.74, 6) is 0.985. The molecular weight excluding hydrogens is 727 g/mol. The highest BCUT2D eigenvalue weighted by atomic mass is 16.3. The molecule has 0 spiro atoms. The van der Waals surface area contributed by atoms with E-state index in [1.165, 1.54) is 21.5 Å². The lowest BCUT2D eigenvalue weighted by atomic mass is 10.1. The first-order valence-corrected chi connectivity index (χ1v) is 19.6. The minimum Gasteiger partial charge on any atom is -0.456 e. The van der Waals surface area contributed by atoms with Crippen LogP contribution in [-0.4, -0.2) is 27.5 Å². The molecule has 0 aliphatic heterocycles. The number of aromatic nitrogens is 2. The maximum Gasteiger partial charge on any atom is 0.161 e. The van der Waals surface area contributed by atoms with Gasteiger partial charge in [-0.25, -0.2) is 15.0 Å². The molecule has 0 bridgehead atoms. The largest absolute Gasteiger partial charge is 0.456 e. The van der Waals surface area contributed by atoms with Gasteiger partial charge in [0.15, 0.2) is 11.7 Å². The molecule has 8 aromatic carbocycles. The van der Waals surface area contributed by atoms with Crippen LogP contribution in [0.15, 0.2) is 200 Å². The van der Waals surface area contributed by atoms with Crippen molar-refractivity contribution >= 4 is 106 Å². The Morgan fingerprint density at radius 1 is 0.441 bits per heavy atom. The standard InChI is InChI=1S/C52H33N5O2/c1-53-51(32-25-28-48-40(30-32)50-45(22-12-24-49(50)59-48)57-43-20-9-4-15-36(43)37-16-5-10-21-44(37)57)55-52(33-26-27-47-39(29-33)38-17-6-11-23-46(38)58-47)54-31-56-41-18-7-2-13-34(41)35-14-3-8-19-42(35)56/h2-30H,1,31H2. The number of nitrogens with zero attached hydrogens (tertiary/aromatic N) is 5. The van der Waals surface area contributed by atoms with E-state index in [4.69, 9.17) is 18.8 Å². The van der Waals surface area contributed by atoms with Crippen LogP contribution in [0, 0.1) is 0 Å². The van der Waals surface area contributed by atoms with Crippen LogP contribution < -0.4 is 0 Å². The maximum absolute atomic E-state index is 6.52. The van der Waals surface area contributed by atoms with Gasteiger partial charge in [0.25, 0.3) is 0 Å². The Labute approximate surface area is 337 Å². The van der Waals surface area contributed by atoms with Gasteiger partial charge in [-0.15, -0.1) is 0 Å². The van der Waals surface area contributed by atoms with E-state index in [2.05, 4.69) is 148 Å². The van der Waals surface area contributed by atoms with Gasteiger partial charge in [0, 0.05) is 48.8 Å². The van der Waals surface area contributed by atoms with E-state index in [0.717, 1.165) is 82.8 Å². The van der Waals surface area contributed by atoms with Crippen molar-refractivity contribution in [1.82, 2.24) is 9.13 Å². The lowest BCUT2D eigenvalue weighted by Gasteiger charge is -2.10. The Morgan fingerprint density at radius 3 is 1.59 bits per heavy atom. The van der Waals surface area contributed by atoms with Crippen LogP contribution in [0.3, 0.4) is 0 Å². The minimum absolute atomic E-state index is 0.342. The first-order chi connectivity index (χ1) is 29.2. The summed E-state index contributed by atoms with van der Waals surface area (Å²) in [6.07, 6.45) is 0. The number of para-hydroxylation sites is 5. The zero-order valence-corrected chi connectivity index (χ0v) is 31.7. The van der Waals surface area contributed by atoms with Crippen molar-refractivity contribution in [3.63, 3.8) is 0 Å². The van der Waals surface area contributed by atoms with Crippen LogP contribution in [0.2, 0.25) is 0 Å². The Kier molecular flexibility index (Phi) is 7.31. The summed E-state index contributed by atoms with van der Waals surface area (Å²) in [7, 11) is 0. The highest BCUT2D eigenvalue weighted by Crippen LogP contribution is 2.39. The predicted octanol–water partition coefficient (Wildman–Crippen LogP) is 13.2. The van der Waals surface area contributed by atoms with Crippen molar-refractivity contribution in [2.24, 2.45) is 15.0 Å². The predicted molar refractivity (Wildman–Crippen MR) is 244 cm³/mol. The lowest BCUT2D eigenvalue weighted by Crippen LogP contribution is -2.07. The monoisotopic (exact) mass is 759 g/mol. The van der Waals surface area contributed by atoms with E-state index < -0.39 is 0 Å². The third-order valence-electron chi connectivity index (χ3n) is 11.6. The number of hydrogen-bond acceptors (Lipinski definition) is 3. The summed E-state index contributed by atoms with van der Waals surface area (Å²) < 4.78 is 17.3. The lowest BCUT2D eigenvalue weighted by molar-refractivity contribution is 0.668. The molecule has 0 unspecified atom stereocenters. The number of amidine groups is 2. The van der Waals surface area contributed by atoms with Crippen LogP contribution in [-0.2, 0) is 6.67 Å². The van der Waals surface area contributed by atoms with E-state index in [1.54, 1.807) is 0 Å². The van der Waals surface area contributed by atoms with Gasteiger partial charge in [0.1, 0.15) is 29.0 Å². The van der Waals surface area contributed by atoms with Crippen LogP contribution in [0.1, 0.15) is 11.1 Å². The Bertz CT molecular complexity index is 3640. The highest BCUT2D eigenvalue weighted by Gasteiger charge is 2.19. The molecule has 0 radical (unpaired) electrons. The zero-order chi connectivity index (χ0) is 39.0. The Balaban J connectivity index is 1.05. The molecule has 278 valence electrons. The number of furan rings is 2. The molecule has 12 rings (SSSR count). The van der Waals surface area contributed by atoms with E-state index >= 15 is 0 Å². The van der Waals surface area contributed by atoms with Gasteiger partial charge in [-0.05, 0) is 85.6 Å². The molecule has 0 fully saturated rings. The van der Waals surface area contributed by atoms with Crippen molar-refractivity contribution in [3.8, 4) is 5.69 Å². The summed E-state index contributed by atoms with van der Waals surface area (Å²) in [5.41, 5.74) is 10.4. The second kappa shape index (κ2) is 13.0. The number of benzene rings is 8. The van der Waals surface area contributed by atoms with Crippen molar-refractivity contribution in [3.05, 3.63) is 187 Å². The molecule has 0 atom stereocenters.